The Balaban J connectivity index is 1.53. The molecule has 3 rings (SSSR count). The van der Waals surface area contributed by atoms with E-state index in [9.17, 15) is 4.79 Å². The summed E-state index contributed by atoms with van der Waals surface area (Å²) in [7, 11) is 0. The highest BCUT2D eigenvalue weighted by molar-refractivity contribution is 7.15. The number of halogens is 2. The van der Waals surface area contributed by atoms with Gasteiger partial charge < -0.3 is 10.6 Å². The molecule has 1 aromatic heterocycles. The minimum absolute atomic E-state index is 0.144. The Hall–Kier alpha value is -2.08. The third-order valence-corrected chi connectivity index (χ3v) is 6.00. The van der Waals surface area contributed by atoms with Gasteiger partial charge in [0.15, 0.2) is 5.13 Å². The highest BCUT2D eigenvalue weighted by atomic mass is 35.5. The number of nitrogens with zero attached hydrogens (tertiary/aromatic N) is 1. The summed E-state index contributed by atoms with van der Waals surface area (Å²) in [6.07, 6.45) is 2.36. The molecule has 2 N–H and O–H groups in total. The summed E-state index contributed by atoms with van der Waals surface area (Å²) in [4.78, 5) is 17.5. The monoisotopic (exact) mass is 433 g/mol. The smallest absolute Gasteiger partial charge is 0.245 e. The Labute approximate surface area is 178 Å². The van der Waals surface area contributed by atoms with Crippen LogP contribution in [0.4, 0.5) is 10.8 Å². The lowest BCUT2D eigenvalue weighted by Crippen LogP contribution is -2.21. The van der Waals surface area contributed by atoms with Gasteiger partial charge in [0, 0.05) is 23.2 Å². The van der Waals surface area contributed by atoms with E-state index in [0.29, 0.717) is 27.5 Å². The molecule has 4 nitrogen and oxygen atoms in total. The van der Waals surface area contributed by atoms with E-state index in [1.807, 2.05) is 24.3 Å². The highest BCUT2D eigenvalue weighted by Gasteiger charge is 2.10. The number of benzene rings is 2. The van der Waals surface area contributed by atoms with E-state index in [-0.39, 0.29) is 12.5 Å². The van der Waals surface area contributed by atoms with Crippen LogP contribution in [0, 0.1) is 0 Å². The number of hydrogen-bond acceptors (Lipinski definition) is 4. The summed E-state index contributed by atoms with van der Waals surface area (Å²) in [5.41, 5.74) is 3.11. The third kappa shape index (κ3) is 5.47. The standard InChI is InChI=1S/C21H21Cl2N3OS/c1-13(2)14-6-8-16(9-7-14)24-12-19(27)26-21-25-11-17(28-21)10-15-4-3-5-18(22)20(15)23/h3-9,11,13,24H,10,12H2,1-2H3,(H,25,26,27). The van der Waals surface area contributed by atoms with Crippen LogP contribution in [-0.2, 0) is 11.2 Å². The van der Waals surface area contributed by atoms with Crippen LogP contribution in [0.1, 0.15) is 35.8 Å². The van der Waals surface area contributed by atoms with Gasteiger partial charge in [0.1, 0.15) is 0 Å². The van der Waals surface area contributed by atoms with Crippen molar-refractivity contribution in [2.45, 2.75) is 26.2 Å². The second kappa shape index (κ2) is 9.41. The van der Waals surface area contributed by atoms with Crippen LogP contribution in [0.5, 0.6) is 0 Å². The number of thiazole rings is 1. The van der Waals surface area contributed by atoms with Crippen molar-refractivity contribution in [1.82, 2.24) is 4.98 Å². The van der Waals surface area contributed by atoms with Crippen molar-refractivity contribution in [3.8, 4) is 0 Å². The van der Waals surface area contributed by atoms with Gasteiger partial charge in [-0.25, -0.2) is 4.98 Å². The molecule has 0 aliphatic heterocycles. The SMILES string of the molecule is CC(C)c1ccc(NCC(=O)Nc2ncc(Cc3cccc(Cl)c3Cl)s2)cc1. The van der Waals surface area contributed by atoms with Crippen molar-refractivity contribution >= 4 is 51.3 Å². The Morgan fingerprint density at radius 1 is 1.14 bits per heavy atom. The Morgan fingerprint density at radius 3 is 2.61 bits per heavy atom. The minimum Gasteiger partial charge on any atom is -0.376 e. The summed E-state index contributed by atoms with van der Waals surface area (Å²) in [5.74, 6) is 0.341. The van der Waals surface area contributed by atoms with E-state index in [1.165, 1.54) is 16.9 Å². The van der Waals surface area contributed by atoms with Gasteiger partial charge in [-0.1, -0.05) is 61.3 Å². The first-order chi connectivity index (χ1) is 13.4. The van der Waals surface area contributed by atoms with Gasteiger partial charge in [0.2, 0.25) is 5.91 Å². The molecule has 0 saturated carbocycles. The van der Waals surface area contributed by atoms with Gasteiger partial charge in [-0.3, -0.25) is 4.79 Å². The molecule has 0 fully saturated rings. The van der Waals surface area contributed by atoms with Crippen LogP contribution in [0.15, 0.2) is 48.7 Å². The molecule has 0 aliphatic carbocycles. The van der Waals surface area contributed by atoms with E-state index in [0.717, 1.165) is 16.1 Å². The molecule has 146 valence electrons. The molecule has 3 aromatic rings. The molecule has 28 heavy (non-hydrogen) atoms. The molecule has 0 aliphatic rings. The normalized spacial score (nSPS) is 10.9. The summed E-state index contributed by atoms with van der Waals surface area (Å²) < 4.78 is 0. The van der Waals surface area contributed by atoms with Gasteiger partial charge in [-0.2, -0.15) is 0 Å². The maximum atomic E-state index is 12.2. The molecule has 1 amide bonds. The molecule has 7 heteroatoms. The van der Waals surface area contributed by atoms with Crippen LogP contribution in [-0.4, -0.2) is 17.4 Å². The van der Waals surface area contributed by atoms with Crippen molar-refractivity contribution in [1.29, 1.82) is 0 Å². The second-order valence-corrected chi connectivity index (χ2v) is 8.60. The third-order valence-electron chi connectivity index (χ3n) is 4.23. The molecule has 0 spiro atoms. The number of aromatic nitrogens is 1. The Kier molecular flexibility index (Phi) is 6.94. The first-order valence-electron chi connectivity index (χ1n) is 8.93. The molecule has 0 radical (unpaired) electrons. The van der Waals surface area contributed by atoms with Gasteiger partial charge in [-0.05, 0) is 35.2 Å². The number of carbonyl (C=O) groups excluding carboxylic acids is 1. The van der Waals surface area contributed by atoms with Crippen molar-refractivity contribution in [2.24, 2.45) is 0 Å². The first kappa shape index (κ1) is 20.6. The van der Waals surface area contributed by atoms with Gasteiger partial charge in [0.05, 0.1) is 16.6 Å². The van der Waals surface area contributed by atoms with E-state index in [4.69, 9.17) is 23.2 Å². The Morgan fingerprint density at radius 2 is 1.89 bits per heavy atom. The molecule has 0 atom stereocenters. The zero-order valence-corrected chi connectivity index (χ0v) is 18.0. The van der Waals surface area contributed by atoms with Gasteiger partial charge >= 0.3 is 0 Å². The molecule has 0 unspecified atom stereocenters. The summed E-state index contributed by atoms with van der Waals surface area (Å²) in [6, 6.07) is 13.7. The summed E-state index contributed by atoms with van der Waals surface area (Å²) in [6.45, 7) is 4.48. The number of anilines is 2. The zero-order valence-electron chi connectivity index (χ0n) is 15.6. The molecular formula is C21H21Cl2N3OS. The topological polar surface area (TPSA) is 54.0 Å². The maximum Gasteiger partial charge on any atom is 0.245 e. The van der Waals surface area contributed by atoms with Crippen LogP contribution in [0.3, 0.4) is 0 Å². The van der Waals surface area contributed by atoms with Crippen LogP contribution in [0.25, 0.3) is 0 Å². The second-order valence-electron chi connectivity index (χ2n) is 6.70. The zero-order chi connectivity index (χ0) is 20.1. The van der Waals surface area contributed by atoms with E-state index >= 15 is 0 Å². The van der Waals surface area contributed by atoms with E-state index in [1.54, 1.807) is 12.3 Å². The molecule has 0 saturated heterocycles. The lowest BCUT2D eigenvalue weighted by atomic mass is 10.0. The lowest BCUT2D eigenvalue weighted by Gasteiger charge is -2.09. The number of nitrogens with one attached hydrogen (secondary N) is 2. The highest BCUT2D eigenvalue weighted by Crippen LogP contribution is 2.29. The average molecular weight is 434 g/mol. The van der Waals surface area contributed by atoms with Gasteiger partial charge in [0.25, 0.3) is 0 Å². The predicted octanol–water partition coefficient (Wildman–Crippen LogP) is 6.21. The number of hydrogen-bond donors (Lipinski definition) is 2. The average Bonchev–Trinajstić information content (AvgIpc) is 3.11. The fourth-order valence-corrected chi connectivity index (χ4v) is 3.89. The van der Waals surface area contributed by atoms with Crippen LogP contribution >= 0.6 is 34.5 Å². The fourth-order valence-electron chi connectivity index (χ4n) is 2.65. The van der Waals surface area contributed by atoms with Crippen molar-refractivity contribution < 1.29 is 4.79 Å². The number of carbonyl (C=O) groups is 1. The quantitative estimate of drug-likeness (QED) is 0.465. The molecular weight excluding hydrogens is 413 g/mol. The van der Waals surface area contributed by atoms with Crippen LogP contribution in [0.2, 0.25) is 10.0 Å². The summed E-state index contributed by atoms with van der Waals surface area (Å²) >= 11 is 13.7. The van der Waals surface area contributed by atoms with Gasteiger partial charge in [-0.15, -0.1) is 11.3 Å². The number of rotatable bonds is 7. The molecule has 1 heterocycles. The first-order valence-corrected chi connectivity index (χ1v) is 10.5. The molecule has 2 aromatic carbocycles. The maximum absolute atomic E-state index is 12.2. The Bertz CT molecular complexity index is 955. The van der Waals surface area contributed by atoms with E-state index < -0.39 is 0 Å². The van der Waals surface area contributed by atoms with Crippen molar-refractivity contribution in [2.75, 3.05) is 17.2 Å². The summed E-state index contributed by atoms with van der Waals surface area (Å²) in [5, 5.41) is 7.59. The largest absolute Gasteiger partial charge is 0.376 e. The van der Waals surface area contributed by atoms with Crippen molar-refractivity contribution in [3.05, 3.63) is 74.7 Å². The van der Waals surface area contributed by atoms with E-state index in [2.05, 4.69) is 41.6 Å². The molecule has 0 bridgehead atoms. The predicted molar refractivity (Wildman–Crippen MR) is 119 cm³/mol. The lowest BCUT2D eigenvalue weighted by molar-refractivity contribution is -0.114. The number of amides is 1. The van der Waals surface area contributed by atoms with Crippen LogP contribution < -0.4 is 10.6 Å². The minimum atomic E-state index is -0.144. The fraction of sp³-hybridized carbons (Fsp3) is 0.238. The van der Waals surface area contributed by atoms with Crippen molar-refractivity contribution in [3.63, 3.8) is 0 Å².